The molecule has 14 heavy (non-hydrogen) atoms. The first-order valence-electron chi connectivity index (χ1n) is 4.65. The van der Waals surface area contributed by atoms with Gasteiger partial charge in [0.1, 0.15) is 0 Å². The quantitative estimate of drug-likeness (QED) is 0.648. The van der Waals surface area contributed by atoms with Crippen LogP contribution in [0, 0.1) is 0 Å². The van der Waals surface area contributed by atoms with E-state index in [4.69, 9.17) is 14.2 Å². The zero-order valence-corrected chi connectivity index (χ0v) is 9.29. The molecule has 0 aromatic rings. The Labute approximate surface area is 85.3 Å². The van der Waals surface area contributed by atoms with E-state index in [1.807, 2.05) is 19.9 Å². The number of ether oxygens (including phenoxy) is 3. The number of rotatable bonds is 4. The lowest BCUT2D eigenvalue weighted by atomic mass is 10.0. The molecule has 0 bridgehead atoms. The lowest BCUT2D eigenvalue weighted by Gasteiger charge is -2.26. The molecule has 0 saturated heterocycles. The van der Waals surface area contributed by atoms with Gasteiger partial charge < -0.3 is 14.2 Å². The van der Waals surface area contributed by atoms with Gasteiger partial charge in [-0.05, 0) is 31.4 Å². The van der Waals surface area contributed by atoms with Crippen LogP contribution in [0.4, 0.5) is 0 Å². The molecule has 0 spiro atoms. The van der Waals surface area contributed by atoms with Crippen LogP contribution in [0.5, 0.6) is 0 Å². The molecule has 0 saturated carbocycles. The van der Waals surface area contributed by atoms with E-state index in [0.29, 0.717) is 0 Å². The SMILES string of the molecule is C=CCC1=C(C)C(OC)OC1(C)OC. The summed E-state index contributed by atoms with van der Waals surface area (Å²) in [5.74, 6) is -0.668. The Kier molecular flexibility index (Phi) is 3.48. The number of allylic oxidation sites excluding steroid dienone is 1. The van der Waals surface area contributed by atoms with Gasteiger partial charge in [0.2, 0.25) is 0 Å². The summed E-state index contributed by atoms with van der Waals surface area (Å²) in [4.78, 5) is 0. The molecule has 80 valence electrons. The van der Waals surface area contributed by atoms with Gasteiger partial charge in [0.05, 0.1) is 0 Å². The third kappa shape index (κ3) is 1.75. The van der Waals surface area contributed by atoms with Gasteiger partial charge in [-0.3, -0.25) is 0 Å². The molecule has 1 aliphatic rings. The smallest absolute Gasteiger partial charge is 0.191 e. The zero-order valence-electron chi connectivity index (χ0n) is 9.29. The Morgan fingerprint density at radius 3 is 2.64 bits per heavy atom. The highest BCUT2D eigenvalue weighted by Gasteiger charge is 2.41. The predicted octanol–water partition coefficient (Wildman–Crippen LogP) is 2.24. The van der Waals surface area contributed by atoms with Gasteiger partial charge >= 0.3 is 0 Å². The fourth-order valence-corrected chi connectivity index (χ4v) is 1.75. The van der Waals surface area contributed by atoms with E-state index < -0.39 is 5.79 Å². The Balaban J connectivity index is 2.99. The molecule has 0 N–H and O–H groups in total. The van der Waals surface area contributed by atoms with Crippen molar-refractivity contribution in [1.29, 1.82) is 0 Å². The fourth-order valence-electron chi connectivity index (χ4n) is 1.75. The minimum atomic E-state index is -0.668. The zero-order chi connectivity index (χ0) is 10.8. The van der Waals surface area contributed by atoms with E-state index >= 15 is 0 Å². The van der Waals surface area contributed by atoms with Gasteiger partial charge in [-0.1, -0.05) is 6.08 Å². The Hall–Kier alpha value is -0.640. The van der Waals surface area contributed by atoms with E-state index in [0.717, 1.165) is 17.6 Å². The van der Waals surface area contributed by atoms with Gasteiger partial charge in [-0.25, -0.2) is 0 Å². The van der Waals surface area contributed by atoms with Crippen molar-refractivity contribution in [3.05, 3.63) is 23.8 Å². The van der Waals surface area contributed by atoms with Crippen LogP contribution >= 0.6 is 0 Å². The van der Waals surface area contributed by atoms with Crippen LogP contribution in [0.15, 0.2) is 23.8 Å². The summed E-state index contributed by atoms with van der Waals surface area (Å²) in [6, 6.07) is 0. The van der Waals surface area contributed by atoms with Crippen LogP contribution < -0.4 is 0 Å². The second-order valence-corrected chi connectivity index (χ2v) is 3.49. The van der Waals surface area contributed by atoms with Gasteiger partial charge in [0.15, 0.2) is 12.1 Å². The first-order valence-corrected chi connectivity index (χ1v) is 4.65. The molecule has 0 aromatic carbocycles. The first kappa shape index (κ1) is 11.4. The normalized spacial score (nSPS) is 32.4. The molecule has 0 fully saturated rings. The van der Waals surface area contributed by atoms with E-state index in [1.54, 1.807) is 14.2 Å². The third-order valence-corrected chi connectivity index (χ3v) is 2.66. The van der Waals surface area contributed by atoms with Crippen molar-refractivity contribution >= 4 is 0 Å². The van der Waals surface area contributed by atoms with Crippen LogP contribution in [0.3, 0.4) is 0 Å². The fraction of sp³-hybridized carbons (Fsp3) is 0.636. The maximum Gasteiger partial charge on any atom is 0.191 e. The monoisotopic (exact) mass is 198 g/mol. The molecule has 1 heterocycles. The summed E-state index contributed by atoms with van der Waals surface area (Å²) in [5, 5.41) is 0. The molecular formula is C11H18O3. The second-order valence-electron chi connectivity index (χ2n) is 3.49. The number of hydrogen-bond acceptors (Lipinski definition) is 3. The van der Waals surface area contributed by atoms with Crippen LogP contribution in [-0.4, -0.2) is 26.3 Å². The molecule has 0 radical (unpaired) electrons. The van der Waals surface area contributed by atoms with Crippen LogP contribution in [0.2, 0.25) is 0 Å². The summed E-state index contributed by atoms with van der Waals surface area (Å²) in [5.41, 5.74) is 2.18. The molecule has 3 heteroatoms. The molecule has 0 amide bonds. The molecule has 0 aliphatic carbocycles. The minimum absolute atomic E-state index is 0.296. The highest BCUT2D eigenvalue weighted by Crippen LogP contribution is 2.38. The summed E-state index contributed by atoms with van der Waals surface area (Å²) >= 11 is 0. The average molecular weight is 198 g/mol. The molecule has 2 atom stereocenters. The van der Waals surface area contributed by atoms with E-state index in [9.17, 15) is 0 Å². The summed E-state index contributed by atoms with van der Waals surface area (Å²) < 4.78 is 16.2. The highest BCUT2D eigenvalue weighted by atomic mass is 16.8. The van der Waals surface area contributed by atoms with Gasteiger partial charge in [0.25, 0.3) is 0 Å². The van der Waals surface area contributed by atoms with Crippen molar-refractivity contribution in [2.24, 2.45) is 0 Å². The highest BCUT2D eigenvalue weighted by molar-refractivity contribution is 5.28. The van der Waals surface area contributed by atoms with E-state index in [1.165, 1.54) is 0 Å². The maximum atomic E-state index is 5.66. The van der Waals surface area contributed by atoms with Crippen LogP contribution in [0.25, 0.3) is 0 Å². The predicted molar refractivity (Wildman–Crippen MR) is 54.8 cm³/mol. The van der Waals surface area contributed by atoms with Crippen molar-refractivity contribution in [3.8, 4) is 0 Å². The van der Waals surface area contributed by atoms with E-state index in [-0.39, 0.29) is 6.29 Å². The third-order valence-electron chi connectivity index (χ3n) is 2.66. The summed E-state index contributed by atoms with van der Waals surface area (Å²) in [7, 11) is 3.26. The second kappa shape index (κ2) is 4.26. The molecule has 0 aromatic heterocycles. The molecule has 2 unspecified atom stereocenters. The average Bonchev–Trinajstić information content (AvgIpc) is 2.43. The standard InChI is InChI=1S/C11H18O3/c1-6-7-9-8(2)10(12-4)14-11(9,3)13-5/h6,10H,1,7H2,2-5H3. The van der Waals surface area contributed by atoms with E-state index in [2.05, 4.69) is 6.58 Å². The van der Waals surface area contributed by atoms with Gasteiger partial charge in [-0.15, -0.1) is 6.58 Å². The lowest BCUT2D eigenvalue weighted by molar-refractivity contribution is -0.239. The first-order chi connectivity index (χ1) is 6.59. The topological polar surface area (TPSA) is 27.7 Å². The number of hydrogen-bond donors (Lipinski definition) is 0. The Bertz CT molecular complexity index is 257. The van der Waals surface area contributed by atoms with Gasteiger partial charge in [-0.2, -0.15) is 0 Å². The van der Waals surface area contributed by atoms with Crippen molar-refractivity contribution in [2.75, 3.05) is 14.2 Å². The van der Waals surface area contributed by atoms with Crippen molar-refractivity contribution in [2.45, 2.75) is 32.3 Å². The summed E-state index contributed by atoms with van der Waals surface area (Å²) in [6.07, 6.45) is 2.31. The van der Waals surface area contributed by atoms with Crippen molar-refractivity contribution in [3.63, 3.8) is 0 Å². The maximum absolute atomic E-state index is 5.66. The molecule has 1 aliphatic heterocycles. The molecule has 3 nitrogen and oxygen atoms in total. The van der Waals surface area contributed by atoms with Gasteiger partial charge in [0, 0.05) is 14.2 Å². The van der Waals surface area contributed by atoms with Crippen LogP contribution in [0.1, 0.15) is 20.3 Å². The summed E-state index contributed by atoms with van der Waals surface area (Å²) in [6.45, 7) is 7.62. The largest absolute Gasteiger partial charge is 0.352 e. The van der Waals surface area contributed by atoms with Crippen molar-refractivity contribution < 1.29 is 14.2 Å². The molecular weight excluding hydrogens is 180 g/mol. The van der Waals surface area contributed by atoms with Crippen LogP contribution in [-0.2, 0) is 14.2 Å². The number of methoxy groups -OCH3 is 2. The lowest BCUT2D eigenvalue weighted by Crippen LogP contribution is -2.31. The minimum Gasteiger partial charge on any atom is -0.352 e. The Morgan fingerprint density at radius 1 is 1.57 bits per heavy atom. The Morgan fingerprint density at radius 2 is 2.21 bits per heavy atom. The molecule has 1 rings (SSSR count). The van der Waals surface area contributed by atoms with Crippen molar-refractivity contribution in [1.82, 2.24) is 0 Å².